The van der Waals surface area contributed by atoms with E-state index in [1.807, 2.05) is 31.2 Å². The zero-order valence-electron chi connectivity index (χ0n) is 10.8. The minimum atomic E-state index is -3.15. The van der Waals surface area contributed by atoms with Crippen LogP contribution in [0.25, 0.3) is 0 Å². The lowest BCUT2D eigenvalue weighted by Crippen LogP contribution is -2.36. The van der Waals surface area contributed by atoms with E-state index in [0.29, 0.717) is 13.1 Å². The second kappa shape index (κ2) is 6.72. The molecule has 0 amide bonds. The van der Waals surface area contributed by atoms with Crippen LogP contribution in [0, 0.1) is 0 Å². The van der Waals surface area contributed by atoms with Gasteiger partial charge in [0.15, 0.2) is 0 Å². The van der Waals surface area contributed by atoms with E-state index >= 15 is 0 Å². The lowest BCUT2D eigenvalue weighted by atomic mass is 10.1. The average molecular weight is 271 g/mol. The molecule has 0 aliphatic carbocycles. The van der Waals surface area contributed by atoms with E-state index < -0.39 is 10.0 Å². The third-order valence-electron chi connectivity index (χ3n) is 2.41. The normalized spacial score (nSPS) is 13.3. The molecule has 0 aliphatic rings. The first-order chi connectivity index (χ1) is 8.40. The molecule has 0 bridgehead atoms. The van der Waals surface area contributed by atoms with Gasteiger partial charge in [-0.25, -0.2) is 13.1 Å². The minimum absolute atomic E-state index is 0.149. The van der Waals surface area contributed by atoms with Crippen LogP contribution in [0.1, 0.15) is 12.5 Å². The van der Waals surface area contributed by atoms with E-state index in [4.69, 9.17) is 5.73 Å². The summed E-state index contributed by atoms with van der Waals surface area (Å²) in [7, 11) is -3.15. The molecule has 1 aromatic rings. The summed E-state index contributed by atoms with van der Waals surface area (Å²) in [5.41, 5.74) is 7.64. The van der Waals surface area contributed by atoms with Crippen LogP contribution in [0.4, 0.5) is 5.69 Å². The van der Waals surface area contributed by atoms with Crippen LogP contribution in [0.2, 0.25) is 0 Å². The Bertz CT molecular complexity index is 457. The maximum Gasteiger partial charge on any atom is 0.209 e. The molecule has 0 saturated carbocycles. The van der Waals surface area contributed by atoms with E-state index in [2.05, 4.69) is 10.0 Å². The van der Waals surface area contributed by atoms with Crippen LogP contribution in [0.15, 0.2) is 24.3 Å². The Kier molecular flexibility index (Phi) is 5.58. The highest BCUT2D eigenvalue weighted by molar-refractivity contribution is 7.88. The second-order valence-corrected chi connectivity index (χ2v) is 6.19. The first-order valence-corrected chi connectivity index (χ1v) is 7.80. The van der Waals surface area contributed by atoms with Crippen molar-refractivity contribution in [3.05, 3.63) is 29.8 Å². The molecule has 5 nitrogen and oxygen atoms in total. The largest absolute Gasteiger partial charge is 0.383 e. The molecule has 0 heterocycles. The van der Waals surface area contributed by atoms with Crippen molar-refractivity contribution in [1.29, 1.82) is 0 Å². The maximum absolute atomic E-state index is 11.0. The van der Waals surface area contributed by atoms with Gasteiger partial charge in [0.2, 0.25) is 10.0 Å². The van der Waals surface area contributed by atoms with Gasteiger partial charge in [0.1, 0.15) is 0 Å². The van der Waals surface area contributed by atoms with Gasteiger partial charge in [0.25, 0.3) is 0 Å². The van der Waals surface area contributed by atoms with Crippen LogP contribution in [-0.2, 0) is 16.4 Å². The van der Waals surface area contributed by atoms with Crippen molar-refractivity contribution in [3.63, 3.8) is 0 Å². The summed E-state index contributed by atoms with van der Waals surface area (Å²) in [6.45, 7) is 3.00. The highest BCUT2D eigenvalue weighted by Gasteiger charge is 2.07. The quantitative estimate of drug-likeness (QED) is 0.676. The lowest BCUT2D eigenvalue weighted by molar-refractivity contribution is 0.572. The Morgan fingerprint density at radius 1 is 1.28 bits per heavy atom. The number of nitrogens with two attached hydrogens (primary N) is 1. The maximum atomic E-state index is 11.0. The molecular weight excluding hydrogens is 250 g/mol. The van der Waals surface area contributed by atoms with Crippen LogP contribution in [-0.4, -0.2) is 33.8 Å². The van der Waals surface area contributed by atoms with Gasteiger partial charge in [0.05, 0.1) is 6.26 Å². The fourth-order valence-corrected chi connectivity index (χ4v) is 2.45. The predicted octanol–water partition coefficient (Wildman–Crippen LogP) is 0.537. The number of anilines is 1. The van der Waals surface area contributed by atoms with Crippen molar-refractivity contribution in [2.75, 3.05) is 24.7 Å². The molecule has 0 spiro atoms. The summed E-state index contributed by atoms with van der Waals surface area (Å²) < 4.78 is 24.6. The number of hydrogen-bond donors (Lipinski definition) is 3. The average Bonchev–Trinajstić information content (AvgIpc) is 2.26. The van der Waals surface area contributed by atoms with Gasteiger partial charge in [0, 0.05) is 18.3 Å². The Labute approximate surface area is 109 Å². The van der Waals surface area contributed by atoms with E-state index in [1.165, 1.54) is 5.56 Å². The molecule has 1 rings (SSSR count). The second-order valence-electron chi connectivity index (χ2n) is 4.41. The first kappa shape index (κ1) is 14.9. The first-order valence-electron chi connectivity index (χ1n) is 5.91. The van der Waals surface area contributed by atoms with Crippen molar-refractivity contribution < 1.29 is 8.42 Å². The smallest absolute Gasteiger partial charge is 0.209 e. The highest BCUT2D eigenvalue weighted by atomic mass is 32.2. The third kappa shape index (κ3) is 6.00. The number of rotatable bonds is 7. The summed E-state index contributed by atoms with van der Waals surface area (Å²) >= 11 is 0. The number of nitrogens with one attached hydrogen (secondary N) is 2. The van der Waals surface area contributed by atoms with Crippen molar-refractivity contribution in [3.8, 4) is 0 Å². The fourth-order valence-electron chi connectivity index (χ4n) is 1.63. The molecule has 0 saturated heterocycles. The molecule has 4 N–H and O–H groups in total. The topological polar surface area (TPSA) is 84.2 Å². The monoisotopic (exact) mass is 271 g/mol. The Morgan fingerprint density at radius 3 is 2.39 bits per heavy atom. The van der Waals surface area contributed by atoms with Gasteiger partial charge in [-0.3, -0.25) is 0 Å². The number of hydrogen-bond acceptors (Lipinski definition) is 4. The third-order valence-corrected chi connectivity index (χ3v) is 3.25. The zero-order valence-corrected chi connectivity index (χ0v) is 11.6. The molecule has 0 fully saturated rings. The van der Waals surface area contributed by atoms with E-state index in [1.54, 1.807) is 0 Å². The number of sulfonamides is 1. The van der Waals surface area contributed by atoms with Gasteiger partial charge >= 0.3 is 0 Å². The minimum Gasteiger partial charge on any atom is -0.383 e. The SMILES string of the molecule is CC(CNc1ccc(CCN)cc1)NS(C)(=O)=O. The predicted molar refractivity (Wildman–Crippen MR) is 75.1 cm³/mol. The summed E-state index contributed by atoms with van der Waals surface area (Å²) in [5, 5.41) is 3.18. The van der Waals surface area contributed by atoms with Crippen molar-refractivity contribution in [2.45, 2.75) is 19.4 Å². The Hall–Kier alpha value is -1.11. The fraction of sp³-hybridized carbons (Fsp3) is 0.500. The number of benzene rings is 1. The summed E-state index contributed by atoms with van der Waals surface area (Å²) in [5.74, 6) is 0. The molecule has 0 aromatic heterocycles. The molecule has 102 valence electrons. The zero-order chi connectivity index (χ0) is 13.6. The van der Waals surface area contributed by atoms with Crippen molar-refractivity contribution in [1.82, 2.24) is 4.72 Å². The molecule has 18 heavy (non-hydrogen) atoms. The van der Waals surface area contributed by atoms with Gasteiger partial charge in [-0.05, 0) is 37.6 Å². The van der Waals surface area contributed by atoms with Crippen LogP contribution >= 0.6 is 0 Å². The molecule has 1 unspecified atom stereocenters. The highest BCUT2D eigenvalue weighted by Crippen LogP contribution is 2.09. The Balaban J connectivity index is 2.43. The molecule has 1 aromatic carbocycles. The Morgan fingerprint density at radius 2 is 1.89 bits per heavy atom. The molecule has 0 aliphatic heterocycles. The van der Waals surface area contributed by atoms with Gasteiger partial charge in [-0.1, -0.05) is 12.1 Å². The van der Waals surface area contributed by atoms with Gasteiger partial charge in [-0.15, -0.1) is 0 Å². The molecule has 0 radical (unpaired) electrons. The van der Waals surface area contributed by atoms with Crippen LogP contribution in [0.3, 0.4) is 0 Å². The van der Waals surface area contributed by atoms with Crippen LogP contribution < -0.4 is 15.8 Å². The van der Waals surface area contributed by atoms with E-state index in [0.717, 1.165) is 18.4 Å². The standard InChI is InChI=1S/C12H21N3O2S/c1-10(15-18(2,16)17)9-14-12-5-3-11(4-6-12)7-8-13/h3-6,10,14-15H,7-9,13H2,1-2H3. The van der Waals surface area contributed by atoms with E-state index in [9.17, 15) is 8.42 Å². The molecule has 6 heteroatoms. The van der Waals surface area contributed by atoms with Crippen molar-refractivity contribution in [2.24, 2.45) is 5.73 Å². The summed E-state index contributed by atoms with van der Waals surface area (Å²) in [6.07, 6.45) is 2.03. The molecular formula is C12H21N3O2S. The summed E-state index contributed by atoms with van der Waals surface area (Å²) in [6, 6.07) is 7.83. The van der Waals surface area contributed by atoms with Crippen molar-refractivity contribution >= 4 is 15.7 Å². The van der Waals surface area contributed by atoms with E-state index in [-0.39, 0.29) is 6.04 Å². The van der Waals surface area contributed by atoms with Crippen LogP contribution in [0.5, 0.6) is 0 Å². The molecule has 1 atom stereocenters. The van der Waals surface area contributed by atoms with Gasteiger partial charge in [-0.2, -0.15) is 0 Å². The van der Waals surface area contributed by atoms with Gasteiger partial charge < -0.3 is 11.1 Å². The summed E-state index contributed by atoms with van der Waals surface area (Å²) in [4.78, 5) is 0. The lowest BCUT2D eigenvalue weighted by Gasteiger charge is -2.14.